The second-order valence-corrected chi connectivity index (χ2v) is 4.49. The van der Waals surface area contributed by atoms with Crippen molar-refractivity contribution in [1.29, 1.82) is 0 Å². The molecular weight excluding hydrogens is 218 g/mol. The van der Waals surface area contributed by atoms with E-state index in [-0.39, 0.29) is 5.91 Å². The van der Waals surface area contributed by atoms with Gasteiger partial charge < -0.3 is 15.2 Å². The molecule has 2 N–H and O–H groups in total. The van der Waals surface area contributed by atoms with Crippen LogP contribution in [0.25, 0.3) is 0 Å². The van der Waals surface area contributed by atoms with Gasteiger partial charge in [0.2, 0.25) is 5.91 Å². The molecule has 1 aromatic heterocycles. The van der Waals surface area contributed by atoms with Crippen LogP contribution >= 0.6 is 0 Å². The van der Waals surface area contributed by atoms with E-state index in [0.29, 0.717) is 24.6 Å². The number of aromatic nitrogens is 1. The van der Waals surface area contributed by atoms with E-state index in [2.05, 4.69) is 15.8 Å². The first-order chi connectivity index (χ1) is 8.34. The molecule has 0 bridgehead atoms. The normalized spacial score (nSPS) is 16.9. The van der Waals surface area contributed by atoms with Gasteiger partial charge in [0.15, 0.2) is 5.76 Å². The fourth-order valence-corrected chi connectivity index (χ4v) is 2.11. The van der Waals surface area contributed by atoms with Gasteiger partial charge in [0.25, 0.3) is 0 Å². The van der Waals surface area contributed by atoms with Crippen molar-refractivity contribution in [3.8, 4) is 0 Å². The van der Waals surface area contributed by atoms with Crippen LogP contribution in [0.5, 0.6) is 0 Å². The van der Waals surface area contributed by atoms with Gasteiger partial charge in [0, 0.05) is 12.5 Å². The number of rotatable bonds is 5. The molecule has 94 valence electrons. The van der Waals surface area contributed by atoms with Crippen LogP contribution < -0.4 is 10.6 Å². The summed E-state index contributed by atoms with van der Waals surface area (Å²) in [5.74, 6) is 1.49. The van der Waals surface area contributed by atoms with Crippen molar-refractivity contribution < 1.29 is 9.32 Å². The quantitative estimate of drug-likeness (QED) is 0.804. The molecule has 1 aromatic rings. The van der Waals surface area contributed by atoms with Crippen molar-refractivity contribution >= 4 is 5.91 Å². The smallest absolute Gasteiger partial charge is 0.220 e. The molecule has 1 saturated heterocycles. The minimum absolute atomic E-state index is 0.0972. The van der Waals surface area contributed by atoms with Crippen molar-refractivity contribution in [2.24, 2.45) is 5.92 Å². The standard InChI is InChI=1S/C12H19N3O2/c16-12(14-9-11-5-8-15-17-11)2-1-10-3-6-13-7-4-10/h5,8,10,13H,1-4,6-7,9H2,(H,14,16). The summed E-state index contributed by atoms with van der Waals surface area (Å²) in [6.45, 7) is 2.61. The summed E-state index contributed by atoms with van der Waals surface area (Å²) < 4.78 is 4.91. The van der Waals surface area contributed by atoms with Crippen molar-refractivity contribution in [3.05, 3.63) is 18.0 Å². The summed E-state index contributed by atoms with van der Waals surface area (Å²) in [4.78, 5) is 11.6. The highest BCUT2D eigenvalue weighted by atomic mass is 16.5. The van der Waals surface area contributed by atoms with Crippen LogP contribution in [-0.2, 0) is 11.3 Å². The molecule has 1 fully saturated rings. The van der Waals surface area contributed by atoms with Crippen molar-refractivity contribution in [2.75, 3.05) is 13.1 Å². The van der Waals surface area contributed by atoms with E-state index in [1.165, 1.54) is 12.8 Å². The first-order valence-electron chi connectivity index (χ1n) is 6.21. The zero-order valence-corrected chi connectivity index (χ0v) is 9.95. The highest BCUT2D eigenvalue weighted by Crippen LogP contribution is 2.17. The lowest BCUT2D eigenvalue weighted by molar-refractivity contribution is -0.121. The summed E-state index contributed by atoms with van der Waals surface area (Å²) in [6, 6.07) is 1.76. The summed E-state index contributed by atoms with van der Waals surface area (Å²) in [5.41, 5.74) is 0. The lowest BCUT2D eigenvalue weighted by Gasteiger charge is -2.22. The second kappa shape index (κ2) is 6.39. The highest BCUT2D eigenvalue weighted by Gasteiger charge is 2.14. The lowest BCUT2D eigenvalue weighted by atomic mass is 9.93. The molecule has 17 heavy (non-hydrogen) atoms. The fraction of sp³-hybridized carbons (Fsp3) is 0.667. The SMILES string of the molecule is O=C(CCC1CCNCC1)NCc1ccno1. The van der Waals surface area contributed by atoms with Crippen LogP contribution in [0, 0.1) is 5.92 Å². The molecule has 0 saturated carbocycles. The van der Waals surface area contributed by atoms with Crippen LogP contribution in [0.1, 0.15) is 31.4 Å². The average molecular weight is 237 g/mol. The second-order valence-electron chi connectivity index (χ2n) is 4.49. The minimum Gasteiger partial charge on any atom is -0.360 e. The highest BCUT2D eigenvalue weighted by molar-refractivity contribution is 5.75. The number of amides is 1. The summed E-state index contributed by atoms with van der Waals surface area (Å²) in [7, 11) is 0. The Kier molecular flexibility index (Phi) is 4.55. The number of nitrogens with one attached hydrogen (secondary N) is 2. The summed E-state index contributed by atoms with van der Waals surface area (Å²) in [6.07, 6.45) is 5.56. The number of piperidine rings is 1. The van der Waals surface area contributed by atoms with Crippen molar-refractivity contribution in [2.45, 2.75) is 32.2 Å². The third-order valence-corrected chi connectivity index (χ3v) is 3.19. The molecule has 5 heteroatoms. The molecule has 5 nitrogen and oxygen atoms in total. The van der Waals surface area contributed by atoms with Crippen molar-refractivity contribution in [1.82, 2.24) is 15.8 Å². The molecule has 0 aromatic carbocycles. The Morgan fingerprint density at radius 2 is 2.35 bits per heavy atom. The maximum atomic E-state index is 11.6. The molecule has 0 spiro atoms. The third-order valence-electron chi connectivity index (χ3n) is 3.19. The largest absolute Gasteiger partial charge is 0.360 e. The van der Waals surface area contributed by atoms with E-state index >= 15 is 0 Å². The Morgan fingerprint density at radius 1 is 1.53 bits per heavy atom. The van der Waals surface area contributed by atoms with E-state index in [0.717, 1.165) is 19.5 Å². The molecule has 1 amide bonds. The lowest BCUT2D eigenvalue weighted by Crippen LogP contribution is -2.29. The molecule has 0 atom stereocenters. The van der Waals surface area contributed by atoms with Gasteiger partial charge in [-0.05, 0) is 38.3 Å². The topological polar surface area (TPSA) is 67.2 Å². The molecule has 2 rings (SSSR count). The number of hydrogen-bond acceptors (Lipinski definition) is 4. The minimum atomic E-state index is 0.0972. The Balaban J connectivity index is 1.60. The van der Waals surface area contributed by atoms with Crippen LogP contribution in [0.15, 0.2) is 16.8 Å². The number of nitrogens with zero attached hydrogens (tertiary/aromatic N) is 1. The molecule has 0 unspecified atom stereocenters. The van der Waals surface area contributed by atoms with Crippen LogP contribution in [-0.4, -0.2) is 24.2 Å². The van der Waals surface area contributed by atoms with Gasteiger partial charge in [0.1, 0.15) is 0 Å². The molecule has 0 radical (unpaired) electrons. The van der Waals surface area contributed by atoms with Crippen molar-refractivity contribution in [3.63, 3.8) is 0 Å². The Hall–Kier alpha value is -1.36. The molecule has 1 aliphatic rings. The average Bonchev–Trinajstić information content (AvgIpc) is 2.88. The van der Waals surface area contributed by atoms with Gasteiger partial charge in [0.05, 0.1) is 12.7 Å². The number of hydrogen-bond donors (Lipinski definition) is 2. The number of carbonyl (C=O) groups is 1. The zero-order valence-electron chi connectivity index (χ0n) is 9.95. The summed E-state index contributed by atoms with van der Waals surface area (Å²) in [5, 5.41) is 9.75. The Bertz CT molecular complexity index is 332. The van der Waals surface area contributed by atoms with Crippen LogP contribution in [0.3, 0.4) is 0 Å². The van der Waals surface area contributed by atoms with E-state index in [9.17, 15) is 4.79 Å². The maximum Gasteiger partial charge on any atom is 0.220 e. The fourth-order valence-electron chi connectivity index (χ4n) is 2.11. The zero-order chi connectivity index (χ0) is 11.9. The van der Waals surface area contributed by atoms with Gasteiger partial charge >= 0.3 is 0 Å². The van der Waals surface area contributed by atoms with E-state index in [4.69, 9.17) is 4.52 Å². The molecule has 0 aliphatic carbocycles. The number of carbonyl (C=O) groups excluding carboxylic acids is 1. The van der Waals surface area contributed by atoms with Crippen LogP contribution in [0.2, 0.25) is 0 Å². The molecular formula is C12H19N3O2. The van der Waals surface area contributed by atoms with Crippen LogP contribution in [0.4, 0.5) is 0 Å². The van der Waals surface area contributed by atoms with Gasteiger partial charge in [-0.15, -0.1) is 0 Å². The molecule has 1 aliphatic heterocycles. The first kappa shape index (κ1) is 12.1. The maximum absolute atomic E-state index is 11.6. The Morgan fingerprint density at radius 3 is 3.06 bits per heavy atom. The van der Waals surface area contributed by atoms with Gasteiger partial charge in [-0.25, -0.2) is 0 Å². The van der Waals surface area contributed by atoms with E-state index in [1.807, 2.05) is 0 Å². The predicted molar refractivity (Wildman–Crippen MR) is 63.2 cm³/mol. The predicted octanol–water partition coefficient (Wildman–Crippen LogP) is 1.07. The third kappa shape index (κ3) is 4.19. The van der Waals surface area contributed by atoms with E-state index < -0.39 is 0 Å². The Labute approximate surface area is 101 Å². The first-order valence-corrected chi connectivity index (χ1v) is 6.21. The summed E-state index contributed by atoms with van der Waals surface area (Å²) >= 11 is 0. The van der Waals surface area contributed by atoms with E-state index in [1.54, 1.807) is 12.3 Å². The monoisotopic (exact) mass is 237 g/mol. The van der Waals surface area contributed by atoms with Gasteiger partial charge in [-0.3, -0.25) is 4.79 Å². The van der Waals surface area contributed by atoms with Gasteiger partial charge in [-0.2, -0.15) is 0 Å². The van der Waals surface area contributed by atoms with Gasteiger partial charge in [-0.1, -0.05) is 5.16 Å². The molecule has 2 heterocycles.